The van der Waals surface area contributed by atoms with Gasteiger partial charge in [-0.05, 0) is 19.3 Å². The first-order chi connectivity index (χ1) is 11.3. The largest absolute Gasteiger partial charge is 0.379 e. The van der Waals surface area contributed by atoms with E-state index in [1.165, 1.54) is 4.31 Å². The summed E-state index contributed by atoms with van der Waals surface area (Å²) >= 11 is 0. The molecule has 1 aromatic rings. The highest BCUT2D eigenvalue weighted by Gasteiger charge is 2.46. The summed E-state index contributed by atoms with van der Waals surface area (Å²) in [7, 11) is -3.49. The van der Waals surface area contributed by atoms with Crippen molar-refractivity contribution in [2.24, 2.45) is 0 Å². The molecule has 2 atom stereocenters. The zero-order chi connectivity index (χ0) is 17.4. The summed E-state index contributed by atoms with van der Waals surface area (Å²) in [6, 6.07) is 0. The fourth-order valence-corrected chi connectivity index (χ4v) is 4.83. The number of aliphatic hydroxyl groups is 1. The summed E-state index contributed by atoms with van der Waals surface area (Å²) in [5.41, 5.74) is -1.42. The predicted octanol–water partition coefficient (Wildman–Crippen LogP) is 0.985. The Kier molecular flexibility index (Phi) is 4.96. The molecule has 2 saturated heterocycles. The van der Waals surface area contributed by atoms with Crippen LogP contribution in [0, 0.1) is 0 Å². The molecule has 0 saturated carbocycles. The van der Waals surface area contributed by atoms with Crippen molar-refractivity contribution >= 4 is 10.0 Å². The number of hydrogen-bond donors (Lipinski definition) is 1. The van der Waals surface area contributed by atoms with Crippen LogP contribution in [0.1, 0.15) is 57.2 Å². The molecule has 2 aliphatic rings. The molecular weight excluding hydrogens is 334 g/mol. The second-order valence-corrected chi connectivity index (χ2v) is 9.01. The van der Waals surface area contributed by atoms with E-state index in [2.05, 4.69) is 10.1 Å². The van der Waals surface area contributed by atoms with Crippen molar-refractivity contribution in [2.45, 2.75) is 57.2 Å². The molecule has 1 N–H and O–H groups in total. The molecule has 24 heavy (non-hydrogen) atoms. The van der Waals surface area contributed by atoms with E-state index in [1.807, 2.05) is 13.8 Å². The molecule has 2 fully saturated rings. The maximum atomic E-state index is 12.6. The van der Waals surface area contributed by atoms with Gasteiger partial charge in [0.2, 0.25) is 10.0 Å². The molecule has 3 rings (SSSR count). The number of sulfonamides is 1. The average Bonchev–Trinajstić information content (AvgIpc) is 3.16. The lowest BCUT2D eigenvalue weighted by Crippen LogP contribution is -2.39. The minimum Gasteiger partial charge on any atom is -0.379 e. The molecule has 1 aromatic heterocycles. The molecule has 136 valence electrons. The van der Waals surface area contributed by atoms with Crippen molar-refractivity contribution in [3.05, 3.63) is 11.7 Å². The van der Waals surface area contributed by atoms with Crippen molar-refractivity contribution in [1.29, 1.82) is 0 Å². The Morgan fingerprint density at radius 2 is 2.21 bits per heavy atom. The molecule has 0 radical (unpaired) electrons. The molecule has 9 heteroatoms. The quantitative estimate of drug-likeness (QED) is 0.835. The van der Waals surface area contributed by atoms with Crippen molar-refractivity contribution in [1.82, 2.24) is 14.4 Å². The maximum absolute atomic E-state index is 12.6. The van der Waals surface area contributed by atoms with Crippen LogP contribution in [0.3, 0.4) is 0 Å². The molecule has 3 heterocycles. The van der Waals surface area contributed by atoms with E-state index in [-0.39, 0.29) is 43.2 Å². The monoisotopic (exact) mass is 359 g/mol. The smallest absolute Gasteiger partial charge is 0.260 e. The second kappa shape index (κ2) is 6.70. The van der Waals surface area contributed by atoms with Crippen LogP contribution >= 0.6 is 0 Å². The van der Waals surface area contributed by atoms with Gasteiger partial charge >= 0.3 is 0 Å². The van der Waals surface area contributed by atoms with Gasteiger partial charge in [-0.1, -0.05) is 19.0 Å². The van der Waals surface area contributed by atoms with Crippen LogP contribution in [-0.2, 0) is 20.4 Å². The number of β-amino-alcohol motifs (C(OH)–C–C–N with tert-alkyl or cyclic N) is 1. The summed E-state index contributed by atoms with van der Waals surface area (Å²) in [5, 5.41) is 14.6. The number of ether oxygens (including phenoxy) is 1. The molecule has 0 bridgehead atoms. The van der Waals surface area contributed by atoms with Crippen molar-refractivity contribution < 1.29 is 22.8 Å². The summed E-state index contributed by atoms with van der Waals surface area (Å²) < 4.78 is 37.2. The Labute approximate surface area is 142 Å². The number of rotatable bonds is 5. The third-order valence-corrected chi connectivity index (χ3v) is 6.52. The van der Waals surface area contributed by atoms with Gasteiger partial charge < -0.3 is 14.4 Å². The molecular formula is C15H25N3O5S. The molecule has 0 aliphatic carbocycles. The first kappa shape index (κ1) is 17.8. The summed E-state index contributed by atoms with van der Waals surface area (Å²) in [6.45, 7) is 4.65. The van der Waals surface area contributed by atoms with Gasteiger partial charge in [-0.25, -0.2) is 8.42 Å². The highest BCUT2D eigenvalue weighted by molar-refractivity contribution is 7.89. The first-order valence-corrected chi connectivity index (χ1v) is 10.1. The van der Waals surface area contributed by atoms with Gasteiger partial charge in [0.1, 0.15) is 0 Å². The highest BCUT2D eigenvalue weighted by atomic mass is 32.2. The maximum Gasteiger partial charge on any atom is 0.260 e. The Balaban J connectivity index is 1.68. The SMILES string of the molecule is CC(C)c1noc([C@@]2(O)CCN(S(=O)(=O)C[C@H]3CCCCO3)C2)n1. The zero-order valence-corrected chi connectivity index (χ0v) is 15.0. The van der Waals surface area contributed by atoms with E-state index in [0.717, 1.165) is 19.3 Å². The Morgan fingerprint density at radius 3 is 2.83 bits per heavy atom. The molecule has 8 nitrogen and oxygen atoms in total. The van der Waals surface area contributed by atoms with Crippen molar-refractivity contribution in [2.75, 3.05) is 25.4 Å². The lowest BCUT2D eigenvalue weighted by atomic mass is 10.0. The van der Waals surface area contributed by atoms with E-state index < -0.39 is 15.6 Å². The molecule has 0 unspecified atom stereocenters. The Hall–Kier alpha value is -1.03. The normalized spacial score (nSPS) is 29.4. The van der Waals surface area contributed by atoms with Crippen LogP contribution in [0.2, 0.25) is 0 Å². The lowest BCUT2D eigenvalue weighted by molar-refractivity contribution is 0.0184. The van der Waals surface area contributed by atoms with Gasteiger partial charge in [0, 0.05) is 25.5 Å². The standard InChI is InChI=1S/C15H25N3O5S/c1-11(2)13-16-14(23-17-13)15(19)6-7-18(10-15)24(20,21)9-12-5-3-4-8-22-12/h11-12,19H,3-10H2,1-2H3/t12-,15-/m1/s1. The third kappa shape index (κ3) is 3.63. The topological polar surface area (TPSA) is 106 Å². The van der Waals surface area contributed by atoms with Crippen LogP contribution in [0.4, 0.5) is 0 Å². The van der Waals surface area contributed by atoms with Crippen LogP contribution in [0.5, 0.6) is 0 Å². The second-order valence-electron chi connectivity index (χ2n) is 6.99. The first-order valence-electron chi connectivity index (χ1n) is 8.46. The van der Waals surface area contributed by atoms with E-state index in [1.54, 1.807) is 0 Å². The fourth-order valence-electron chi connectivity index (χ4n) is 3.11. The third-order valence-electron chi connectivity index (χ3n) is 4.63. The van der Waals surface area contributed by atoms with Gasteiger partial charge in [0.25, 0.3) is 5.89 Å². The molecule has 2 aliphatic heterocycles. The van der Waals surface area contributed by atoms with Crippen LogP contribution in [0.25, 0.3) is 0 Å². The summed E-state index contributed by atoms with van der Waals surface area (Å²) in [5.74, 6) is 0.647. The van der Waals surface area contributed by atoms with E-state index in [9.17, 15) is 13.5 Å². The summed E-state index contributed by atoms with van der Waals surface area (Å²) in [4.78, 5) is 4.22. The van der Waals surface area contributed by atoms with Crippen LogP contribution < -0.4 is 0 Å². The lowest BCUT2D eigenvalue weighted by Gasteiger charge is -2.25. The minimum absolute atomic E-state index is 0.0375. The van der Waals surface area contributed by atoms with Gasteiger partial charge in [0.15, 0.2) is 11.4 Å². The van der Waals surface area contributed by atoms with Crippen molar-refractivity contribution in [3.63, 3.8) is 0 Å². The van der Waals surface area contributed by atoms with Crippen molar-refractivity contribution in [3.8, 4) is 0 Å². The number of aromatic nitrogens is 2. The van der Waals surface area contributed by atoms with E-state index in [4.69, 9.17) is 9.26 Å². The number of nitrogens with zero attached hydrogens (tertiary/aromatic N) is 3. The van der Waals surface area contributed by atoms with Crippen LogP contribution in [0.15, 0.2) is 4.52 Å². The van der Waals surface area contributed by atoms with E-state index in [0.29, 0.717) is 12.4 Å². The molecule has 0 amide bonds. The van der Waals surface area contributed by atoms with Crippen LogP contribution in [-0.4, -0.2) is 59.5 Å². The fraction of sp³-hybridized carbons (Fsp3) is 0.867. The summed E-state index contributed by atoms with van der Waals surface area (Å²) in [6.07, 6.45) is 2.73. The Bertz CT molecular complexity index is 668. The van der Waals surface area contributed by atoms with Gasteiger partial charge in [-0.15, -0.1) is 0 Å². The van der Waals surface area contributed by atoms with Gasteiger partial charge in [-0.3, -0.25) is 0 Å². The predicted molar refractivity (Wildman–Crippen MR) is 85.9 cm³/mol. The highest BCUT2D eigenvalue weighted by Crippen LogP contribution is 2.33. The average molecular weight is 359 g/mol. The molecule has 0 spiro atoms. The number of hydrogen-bond acceptors (Lipinski definition) is 7. The zero-order valence-electron chi connectivity index (χ0n) is 14.1. The minimum atomic E-state index is -3.49. The Morgan fingerprint density at radius 1 is 1.42 bits per heavy atom. The van der Waals surface area contributed by atoms with Gasteiger partial charge in [0.05, 0.1) is 18.4 Å². The van der Waals surface area contributed by atoms with E-state index >= 15 is 0 Å². The molecule has 0 aromatic carbocycles. The van der Waals surface area contributed by atoms with Gasteiger partial charge in [-0.2, -0.15) is 9.29 Å².